The van der Waals surface area contributed by atoms with E-state index in [0.717, 1.165) is 28.9 Å². The van der Waals surface area contributed by atoms with Crippen LogP contribution in [0.3, 0.4) is 0 Å². The summed E-state index contributed by atoms with van der Waals surface area (Å²) in [6.07, 6.45) is 0.863. The first kappa shape index (κ1) is 21.0. The molecule has 0 spiro atoms. The van der Waals surface area contributed by atoms with Gasteiger partial charge in [-0.25, -0.2) is 4.98 Å². The Hall–Kier alpha value is -4.29. The number of nitrogens with zero attached hydrogens (tertiary/aromatic N) is 3. The lowest BCUT2D eigenvalue weighted by atomic mass is 9.95. The van der Waals surface area contributed by atoms with Gasteiger partial charge < -0.3 is 11.5 Å². The van der Waals surface area contributed by atoms with Crippen molar-refractivity contribution in [2.75, 3.05) is 11.5 Å². The van der Waals surface area contributed by atoms with E-state index in [2.05, 4.69) is 11.1 Å². The van der Waals surface area contributed by atoms with E-state index in [1.54, 1.807) is 0 Å². The van der Waals surface area contributed by atoms with E-state index in [1.807, 2.05) is 31.2 Å². The van der Waals surface area contributed by atoms with Crippen molar-refractivity contribution in [3.05, 3.63) is 80.2 Å². The molecule has 0 fully saturated rings. The Morgan fingerprint density at radius 3 is 2.56 bits per heavy atom. The lowest BCUT2D eigenvalue weighted by Crippen LogP contribution is -2.03. The van der Waals surface area contributed by atoms with Crippen molar-refractivity contribution in [3.63, 3.8) is 0 Å². The molecule has 0 radical (unpaired) electrons. The summed E-state index contributed by atoms with van der Waals surface area (Å²) < 4.78 is 0. The molecule has 0 unspecified atom stereocenters. The van der Waals surface area contributed by atoms with Crippen molar-refractivity contribution in [2.24, 2.45) is 0 Å². The van der Waals surface area contributed by atoms with Crippen molar-refractivity contribution in [1.82, 2.24) is 4.98 Å². The quantitative estimate of drug-likeness (QED) is 0.258. The summed E-state index contributed by atoms with van der Waals surface area (Å²) in [5, 5.41) is 21.3. The molecule has 4 rings (SSSR count). The molecule has 0 amide bonds. The first-order valence-electron chi connectivity index (χ1n) is 9.65. The molecule has 0 saturated carbocycles. The number of aromatic nitrogens is 1. The molecule has 0 aliphatic rings. The summed E-state index contributed by atoms with van der Waals surface area (Å²) in [7, 11) is 0. The van der Waals surface area contributed by atoms with Crippen LogP contribution in [-0.4, -0.2) is 15.7 Å². The second kappa shape index (κ2) is 8.09. The monoisotopic (exact) mass is 443 g/mol. The number of thiophene rings is 1. The smallest absolute Gasteiger partial charge is 0.270 e. The predicted octanol–water partition coefficient (Wildman–Crippen LogP) is 4.70. The molecule has 0 atom stereocenters. The van der Waals surface area contributed by atoms with Gasteiger partial charge in [0, 0.05) is 28.6 Å². The first-order chi connectivity index (χ1) is 15.3. The summed E-state index contributed by atoms with van der Waals surface area (Å²) in [6, 6.07) is 15.2. The minimum absolute atomic E-state index is 0.0464. The molecule has 4 aromatic rings. The first-order valence-corrected chi connectivity index (χ1v) is 10.5. The van der Waals surface area contributed by atoms with E-state index in [-0.39, 0.29) is 33.2 Å². The highest BCUT2D eigenvalue weighted by Crippen LogP contribution is 2.43. The molecule has 8 nitrogen and oxygen atoms in total. The lowest BCUT2D eigenvalue weighted by molar-refractivity contribution is -0.384. The number of nitro groups is 1. The highest BCUT2D eigenvalue weighted by atomic mass is 32.1. The minimum Gasteiger partial charge on any atom is -0.397 e. The zero-order valence-corrected chi connectivity index (χ0v) is 17.8. The molecule has 0 bridgehead atoms. The van der Waals surface area contributed by atoms with Gasteiger partial charge in [-0.15, -0.1) is 11.3 Å². The third-order valence-electron chi connectivity index (χ3n) is 5.19. The predicted molar refractivity (Wildman–Crippen MR) is 125 cm³/mol. The van der Waals surface area contributed by atoms with Gasteiger partial charge in [-0.1, -0.05) is 43.3 Å². The molecule has 0 aliphatic heterocycles. The van der Waals surface area contributed by atoms with Crippen LogP contribution in [0.15, 0.2) is 48.5 Å². The Morgan fingerprint density at radius 1 is 1.22 bits per heavy atom. The summed E-state index contributed by atoms with van der Waals surface area (Å²) in [5.74, 6) is -0.413. The Balaban J connectivity index is 1.96. The molecule has 9 heteroatoms. The topological polar surface area (TPSA) is 149 Å². The van der Waals surface area contributed by atoms with Crippen LogP contribution in [-0.2, 0) is 6.42 Å². The van der Waals surface area contributed by atoms with Crippen LogP contribution < -0.4 is 11.5 Å². The minimum atomic E-state index is -0.565. The van der Waals surface area contributed by atoms with Gasteiger partial charge in [0.05, 0.1) is 10.6 Å². The average Bonchev–Trinajstić information content (AvgIpc) is 3.13. The number of hydrogen-bond donors (Lipinski definition) is 2. The van der Waals surface area contributed by atoms with Gasteiger partial charge in [-0.05, 0) is 17.5 Å². The molecule has 2 heterocycles. The van der Waals surface area contributed by atoms with Crippen LogP contribution in [0.25, 0.3) is 21.3 Å². The number of anilines is 2. The molecule has 0 saturated heterocycles. The Morgan fingerprint density at radius 2 is 1.94 bits per heavy atom. The number of carbonyl (C=O) groups is 1. The van der Waals surface area contributed by atoms with E-state index in [4.69, 9.17) is 11.5 Å². The molecular formula is C23H17N5O3S. The van der Waals surface area contributed by atoms with Crippen LogP contribution in [0.5, 0.6) is 0 Å². The van der Waals surface area contributed by atoms with E-state index < -0.39 is 10.7 Å². The number of aryl methyl sites for hydroxylation is 1. The maximum atomic E-state index is 13.2. The van der Waals surface area contributed by atoms with Gasteiger partial charge >= 0.3 is 0 Å². The van der Waals surface area contributed by atoms with E-state index in [1.165, 1.54) is 24.3 Å². The second-order valence-electron chi connectivity index (χ2n) is 7.07. The summed E-state index contributed by atoms with van der Waals surface area (Å²) >= 11 is 1.05. The van der Waals surface area contributed by atoms with E-state index >= 15 is 0 Å². The number of pyridine rings is 1. The van der Waals surface area contributed by atoms with Crippen molar-refractivity contribution in [2.45, 2.75) is 13.3 Å². The van der Waals surface area contributed by atoms with Crippen molar-refractivity contribution >= 4 is 44.5 Å². The van der Waals surface area contributed by atoms with Gasteiger partial charge in [-0.2, -0.15) is 5.26 Å². The van der Waals surface area contributed by atoms with Crippen molar-refractivity contribution < 1.29 is 9.72 Å². The van der Waals surface area contributed by atoms with E-state index in [0.29, 0.717) is 15.8 Å². The van der Waals surface area contributed by atoms with Crippen LogP contribution in [0.4, 0.5) is 17.2 Å². The summed E-state index contributed by atoms with van der Waals surface area (Å²) in [5.41, 5.74) is 15.1. The number of hydrogen-bond acceptors (Lipinski definition) is 8. The van der Waals surface area contributed by atoms with Crippen LogP contribution in [0, 0.1) is 21.4 Å². The maximum absolute atomic E-state index is 13.2. The largest absolute Gasteiger partial charge is 0.397 e. The van der Waals surface area contributed by atoms with Gasteiger partial charge in [0.15, 0.2) is 0 Å². The van der Waals surface area contributed by atoms with Gasteiger partial charge in [0.2, 0.25) is 5.78 Å². The molecule has 158 valence electrons. The number of carbonyl (C=O) groups excluding carboxylic acids is 1. The average molecular weight is 443 g/mol. The number of non-ortho nitro benzene ring substituents is 1. The highest BCUT2D eigenvalue weighted by molar-refractivity contribution is 7.21. The summed E-state index contributed by atoms with van der Waals surface area (Å²) in [6.45, 7) is 2.04. The number of fused-ring (bicyclic) bond motifs is 1. The molecule has 4 N–H and O–H groups in total. The zero-order chi connectivity index (χ0) is 23.0. The Labute approximate surface area is 186 Å². The lowest BCUT2D eigenvalue weighted by Gasteiger charge is -2.10. The number of rotatable bonds is 5. The summed E-state index contributed by atoms with van der Waals surface area (Å²) in [4.78, 5) is 28.6. The van der Waals surface area contributed by atoms with Gasteiger partial charge in [0.1, 0.15) is 27.2 Å². The number of nitrogen functional groups attached to an aromatic ring is 2. The molecular weight excluding hydrogens is 426 g/mol. The van der Waals surface area contributed by atoms with Gasteiger partial charge in [-0.3, -0.25) is 14.9 Å². The number of nitrogens with two attached hydrogens (primary N) is 2. The van der Waals surface area contributed by atoms with Crippen molar-refractivity contribution in [1.29, 1.82) is 5.26 Å². The van der Waals surface area contributed by atoms with Crippen molar-refractivity contribution in [3.8, 4) is 17.2 Å². The van der Waals surface area contributed by atoms with Gasteiger partial charge in [0.25, 0.3) is 5.69 Å². The number of benzene rings is 2. The van der Waals surface area contributed by atoms with Crippen LogP contribution in [0.1, 0.15) is 33.3 Å². The fourth-order valence-electron chi connectivity index (χ4n) is 3.54. The molecule has 2 aromatic heterocycles. The standard InChI is InChI=1S/C23H17N5O3S/c1-2-12-6-8-13(9-7-12)17-16(11-24)22(26)27-23-18(17)19(25)21(32-23)20(29)14-4-3-5-15(10-14)28(30)31/h3-10H,2,25H2,1H3,(H2,26,27). The maximum Gasteiger partial charge on any atom is 0.270 e. The number of nitro benzene ring substituents is 1. The molecule has 32 heavy (non-hydrogen) atoms. The zero-order valence-electron chi connectivity index (χ0n) is 17.0. The SMILES string of the molecule is CCc1ccc(-c2c(C#N)c(N)nc3sc(C(=O)c4cccc([N+](=O)[O-])c4)c(N)c23)cc1. The molecule has 2 aromatic carbocycles. The second-order valence-corrected chi connectivity index (χ2v) is 8.07. The third kappa shape index (κ3) is 3.42. The third-order valence-corrected chi connectivity index (χ3v) is 6.29. The number of ketones is 1. The van der Waals surface area contributed by atoms with Crippen LogP contribution >= 0.6 is 11.3 Å². The fourth-order valence-corrected chi connectivity index (χ4v) is 4.61. The highest BCUT2D eigenvalue weighted by Gasteiger charge is 2.25. The number of nitriles is 1. The molecule has 0 aliphatic carbocycles. The normalized spacial score (nSPS) is 10.8. The Bertz CT molecular complexity index is 1440. The Kier molecular flexibility index (Phi) is 5.30. The van der Waals surface area contributed by atoms with E-state index in [9.17, 15) is 20.2 Å². The fraction of sp³-hybridized carbons (Fsp3) is 0.0870. The van der Waals surface area contributed by atoms with Crippen LogP contribution in [0.2, 0.25) is 0 Å².